The summed E-state index contributed by atoms with van der Waals surface area (Å²) in [4.78, 5) is 0. The molecule has 0 fully saturated rings. The minimum atomic E-state index is 0. The van der Waals surface area contributed by atoms with Crippen molar-refractivity contribution in [1.29, 1.82) is 0 Å². The number of fused-ring (bicyclic) bond motifs is 1. The Kier molecular flexibility index (Phi) is 15.6. The van der Waals surface area contributed by atoms with Crippen molar-refractivity contribution in [2.24, 2.45) is 5.92 Å². The van der Waals surface area contributed by atoms with Crippen LogP contribution in [0.15, 0.2) is 77.4 Å². The molecule has 176 valence electrons. The van der Waals surface area contributed by atoms with Gasteiger partial charge in [0.25, 0.3) is 0 Å². The maximum Gasteiger partial charge on any atom is -0.147 e. The predicted octanol–water partition coefficient (Wildman–Crippen LogP) is 9.53. The Morgan fingerprint density at radius 1 is 0.970 bits per heavy atom. The molecule has 0 radical (unpaired) electrons. The average molecular weight is 577 g/mol. The van der Waals surface area contributed by atoms with Crippen LogP contribution >= 0.6 is 24.8 Å². The molecule has 1 aliphatic carbocycles. The molecule has 33 heavy (non-hydrogen) atoms. The molecular weight excluding hydrogens is 539 g/mol. The molecule has 0 saturated heterocycles. The molecule has 0 saturated carbocycles. The molecule has 0 amide bonds. The maximum atomic E-state index is 3.36. The van der Waals surface area contributed by atoms with Gasteiger partial charge in [0.15, 0.2) is 0 Å². The van der Waals surface area contributed by atoms with E-state index in [0.717, 1.165) is 0 Å². The number of benzene rings is 2. The fourth-order valence-electron chi connectivity index (χ4n) is 3.70. The van der Waals surface area contributed by atoms with E-state index in [1.54, 1.807) is 23.3 Å². The van der Waals surface area contributed by atoms with Gasteiger partial charge in [-0.2, -0.15) is 11.1 Å². The first-order valence-corrected chi connectivity index (χ1v) is 17.5. The topological polar surface area (TPSA) is 0 Å². The molecule has 1 atom stereocenters. The van der Waals surface area contributed by atoms with E-state index in [-0.39, 0.29) is 30.2 Å². The van der Waals surface area contributed by atoms with Gasteiger partial charge in [-0.25, -0.2) is 5.57 Å². The minimum absolute atomic E-state index is 0. The first-order valence-electron chi connectivity index (χ1n) is 11.3. The molecule has 3 aromatic carbocycles. The van der Waals surface area contributed by atoms with Gasteiger partial charge in [-0.05, 0) is 12.0 Å². The largest absolute Gasteiger partial charge is 0.147 e. The molecular formula is C29H38Cl2SiZr. The molecule has 0 aromatic heterocycles. The standard InChI is InChI=1S/C18H17.C9H13.C2H6Si.2ClH.Zr/c1-2-5-14-8-10-16(11-9-14)18-13-12-15-6-3-4-7-17(15)18;1-6-5-7(2)9(4)8(6)3;1-3-2;;;/h3-4,6-13H,2,5H2,1H3;6H,1-4H3;1-2H3;2*1H;/q2*-1;;;;+2. The Bertz CT molecular complexity index is 1070. The molecule has 1 aliphatic rings. The van der Waals surface area contributed by atoms with Crippen molar-refractivity contribution >= 4 is 41.0 Å². The minimum Gasteiger partial charge on any atom is -0.147 e. The van der Waals surface area contributed by atoms with Crippen LogP contribution < -0.4 is 0 Å². The van der Waals surface area contributed by atoms with E-state index in [4.69, 9.17) is 0 Å². The zero-order valence-electron chi connectivity index (χ0n) is 21.1. The number of halogens is 2. The number of hydrogen-bond donors (Lipinski definition) is 0. The summed E-state index contributed by atoms with van der Waals surface area (Å²) in [7, 11) is 0. The molecule has 0 aliphatic heterocycles. The second kappa shape index (κ2) is 16.0. The van der Waals surface area contributed by atoms with Gasteiger partial charge in [-0.1, -0.05) is 75.9 Å². The fourth-order valence-corrected chi connectivity index (χ4v) is 3.70. The van der Waals surface area contributed by atoms with Crippen LogP contribution in [0.5, 0.6) is 0 Å². The van der Waals surface area contributed by atoms with Gasteiger partial charge in [-0.3, -0.25) is 6.08 Å². The molecule has 3 aromatic rings. The summed E-state index contributed by atoms with van der Waals surface area (Å²) in [5.74, 6) is 0.560. The summed E-state index contributed by atoms with van der Waals surface area (Å²) in [6.07, 6.45) is 5.73. The zero-order chi connectivity index (χ0) is 23.0. The van der Waals surface area contributed by atoms with Gasteiger partial charge in [-0.15, -0.1) is 78.4 Å². The number of aryl methyl sites for hydroxylation is 1. The van der Waals surface area contributed by atoms with E-state index < -0.39 is 0 Å². The van der Waals surface area contributed by atoms with E-state index >= 15 is 0 Å². The van der Waals surface area contributed by atoms with Crippen LogP contribution in [0.1, 0.15) is 46.6 Å². The van der Waals surface area contributed by atoms with E-state index in [1.165, 1.54) is 57.0 Å². The molecule has 4 heteroatoms. The van der Waals surface area contributed by atoms with Gasteiger partial charge >= 0.3 is 41.9 Å². The molecule has 0 bridgehead atoms. The van der Waals surface area contributed by atoms with Gasteiger partial charge in [0.1, 0.15) is 0 Å². The van der Waals surface area contributed by atoms with Crippen molar-refractivity contribution in [2.45, 2.75) is 60.6 Å². The van der Waals surface area contributed by atoms with Crippen molar-refractivity contribution in [3.63, 3.8) is 0 Å². The Morgan fingerprint density at radius 2 is 1.55 bits per heavy atom. The van der Waals surface area contributed by atoms with Gasteiger partial charge < -0.3 is 0 Å². The molecule has 0 spiro atoms. The monoisotopic (exact) mass is 574 g/mol. The third-order valence-corrected chi connectivity index (χ3v) is 5.72. The zero-order valence-corrected chi connectivity index (χ0v) is 26.2. The van der Waals surface area contributed by atoms with E-state index in [2.05, 4.69) is 114 Å². The molecule has 0 N–H and O–H groups in total. The van der Waals surface area contributed by atoms with Crippen molar-refractivity contribution in [1.82, 2.24) is 0 Å². The average Bonchev–Trinajstić information content (AvgIpc) is 3.26. The molecule has 0 heterocycles. The Balaban J connectivity index is 0.000000580. The van der Waals surface area contributed by atoms with Crippen LogP contribution in [0.2, 0.25) is 13.1 Å². The molecule has 1 unspecified atom stereocenters. The first kappa shape index (κ1) is 32.2. The third-order valence-electron chi connectivity index (χ3n) is 5.72. The van der Waals surface area contributed by atoms with Crippen LogP contribution in [0.25, 0.3) is 21.9 Å². The van der Waals surface area contributed by atoms with E-state index in [0.29, 0.717) is 5.92 Å². The smallest absolute Gasteiger partial charge is 0.147 e. The summed E-state index contributed by atoms with van der Waals surface area (Å²) in [6, 6.07) is 22.0. The Labute approximate surface area is 229 Å². The summed E-state index contributed by atoms with van der Waals surface area (Å²) >= 11 is 1.74. The fraction of sp³-hybridized carbons (Fsp3) is 0.345. The van der Waals surface area contributed by atoms with E-state index in [9.17, 15) is 0 Å². The molecule has 4 rings (SSSR count). The second-order valence-corrected chi connectivity index (χ2v) is 18.0. The Hall–Kier alpha value is -0.790. The number of allylic oxidation sites excluding steroid dienone is 4. The van der Waals surface area contributed by atoms with Gasteiger partial charge in [0, 0.05) is 0 Å². The summed E-state index contributed by atoms with van der Waals surface area (Å²) in [5.41, 5.74) is 8.54. The van der Waals surface area contributed by atoms with Crippen LogP contribution in [0.4, 0.5) is 0 Å². The quantitative estimate of drug-likeness (QED) is 0.215. The number of rotatable bonds is 3. The first-order chi connectivity index (χ1) is 14.7. The van der Waals surface area contributed by atoms with Gasteiger partial charge in [0.2, 0.25) is 0 Å². The maximum absolute atomic E-state index is 3.36. The van der Waals surface area contributed by atoms with Crippen LogP contribution in [-0.4, -0.2) is 5.43 Å². The normalized spacial score (nSPS) is 14.2. The summed E-state index contributed by atoms with van der Waals surface area (Å²) in [5, 5.41) is 2.67. The predicted molar refractivity (Wildman–Crippen MR) is 151 cm³/mol. The number of hydrogen-bond acceptors (Lipinski definition) is 0. The third kappa shape index (κ3) is 9.77. The van der Waals surface area contributed by atoms with Crippen LogP contribution in [-0.2, 0) is 29.8 Å². The van der Waals surface area contributed by atoms with Crippen molar-refractivity contribution in [3.05, 3.63) is 89.0 Å². The van der Waals surface area contributed by atoms with Crippen LogP contribution in [0.3, 0.4) is 0 Å². The van der Waals surface area contributed by atoms with Crippen molar-refractivity contribution < 1.29 is 23.3 Å². The SMILES string of the molecule is CC1=[C-]C(C)C(C)=C1C.CCCc1ccc(-c2c[cH-]c3ccccc23)cc1.C[Si](C)=[Zr+2].Cl.Cl. The summed E-state index contributed by atoms with van der Waals surface area (Å²) in [6.45, 7) is 15.5. The van der Waals surface area contributed by atoms with Crippen molar-refractivity contribution in [2.75, 3.05) is 0 Å². The Morgan fingerprint density at radius 3 is 2.00 bits per heavy atom. The second-order valence-electron chi connectivity index (χ2n) is 8.58. The van der Waals surface area contributed by atoms with Crippen molar-refractivity contribution in [3.8, 4) is 11.1 Å². The van der Waals surface area contributed by atoms with Gasteiger partial charge in [0.05, 0.1) is 0 Å². The van der Waals surface area contributed by atoms with E-state index in [1.807, 2.05) is 0 Å². The summed E-state index contributed by atoms with van der Waals surface area (Å²) < 4.78 is 0. The molecule has 0 nitrogen and oxygen atoms in total. The van der Waals surface area contributed by atoms with Crippen LogP contribution in [0, 0.1) is 12.0 Å².